The summed E-state index contributed by atoms with van der Waals surface area (Å²) in [4.78, 5) is 13.4. The lowest BCUT2D eigenvalue weighted by molar-refractivity contribution is -0.133. The molecule has 0 saturated carbocycles. The van der Waals surface area contributed by atoms with Crippen molar-refractivity contribution < 1.29 is 17.6 Å². The molecule has 130 valence electrons. The molecule has 1 aromatic carbocycles. The van der Waals surface area contributed by atoms with Gasteiger partial charge in [0, 0.05) is 38.6 Å². The number of carbonyl (C=O) groups excluding carboxylic acids is 1. The second-order valence-electron chi connectivity index (χ2n) is 5.22. The van der Waals surface area contributed by atoms with Gasteiger partial charge in [0.1, 0.15) is 10.7 Å². The van der Waals surface area contributed by atoms with E-state index < -0.39 is 20.7 Å². The third-order valence-electron chi connectivity index (χ3n) is 3.58. The van der Waals surface area contributed by atoms with Gasteiger partial charge in [0.2, 0.25) is 15.9 Å². The Balaban J connectivity index is 0.00000264. The van der Waals surface area contributed by atoms with Crippen LogP contribution in [0, 0.1) is 5.82 Å². The predicted octanol–water partition coefficient (Wildman–Crippen LogP) is 0.736. The molecule has 1 amide bonds. The van der Waals surface area contributed by atoms with Crippen molar-refractivity contribution in [2.24, 2.45) is 0 Å². The van der Waals surface area contributed by atoms with Gasteiger partial charge < -0.3 is 10.2 Å². The number of piperazine rings is 1. The number of sulfonamides is 1. The number of rotatable bonds is 5. The van der Waals surface area contributed by atoms with Crippen molar-refractivity contribution >= 4 is 28.3 Å². The van der Waals surface area contributed by atoms with Crippen LogP contribution in [-0.4, -0.2) is 51.4 Å². The zero-order valence-electron chi connectivity index (χ0n) is 12.8. The lowest BCUT2D eigenvalue weighted by atomic mass is 10.2. The van der Waals surface area contributed by atoms with Gasteiger partial charge in [-0.3, -0.25) is 4.79 Å². The Hall–Kier alpha value is -1.22. The number of amides is 1. The summed E-state index contributed by atoms with van der Waals surface area (Å²) in [5.74, 6) is -0.915. The van der Waals surface area contributed by atoms with Gasteiger partial charge in [-0.2, -0.15) is 0 Å². The van der Waals surface area contributed by atoms with Gasteiger partial charge in [-0.15, -0.1) is 12.4 Å². The number of carbonyl (C=O) groups is 1. The summed E-state index contributed by atoms with van der Waals surface area (Å²) >= 11 is 0. The van der Waals surface area contributed by atoms with Crippen molar-refractivity contribution in [2.45, 2.75) is 24.3 Å². The monoisotopic (exact) mass is 365 g/mol. The molecule has 1 saturated heterocycles. The molecule has 1 fully saturated rings. The Labute approximate surface area is 141 Å². The molecule has 9 heteroatoms. The zero-order chi connectivity index (χ0) is 16.2. The lowest BCUT2D eigenvalue weighted by Crippen LogP contribution is -2.52. The standard InChI is InChI=1S/C14H20FN3O3S.ClH/c1-11-10-16-8-9-18(11)14(19)6-7-17-22(20,21)13-5-3-2-4-12(13)15;/h2-5,11,16-17H,6-10H2,1H3;1H/t11-;/m0./s1. The molecule has 0 aliphatic carbocycles. The van der Waals surface area contributed by atoms with Crippen LogP contribution >= 0.6 is 12.4 Å². The van der Waals surface area contributed by atoms with Crippen LogP contribution in [0.5, 0.6) is 0 Å². The van der Waals surface area contributed by atoms with E-state index in [9.17, 15) is 17.6 Å². The zero-order valence-corrected chi connectivity index (χ0v) is 14.4. The maximum absolute atomic E-state index is 13.5. The molecule has 1 atom stereocenters. The molecule has 1 aromatic rings. The molecule has 6 nitrogen and oxygen atoms in total. The molecule has 1 aliphatic heterocycles. The van der Waals surface area contributed by atoms with Crippen LogP contribution in [0.1, 0.15) is 13.3 Å². The highest BCUT2D eigenvalue weighted by Crippen LogP contribution is 2.13. The Kier molecular flexibility index (Phi) is 7.40. The molecule has 2 N–H and O–H groups in total. The molecular weight excluding hydrogens is 345 g/mol. The summed E-state index contributed by atoms with van der Waals surface area (Å²) in [5, 5.41) is 3.18. The van der Waals surface area contributed by atoms with E-state index >= 15 is 0 Å². The third kappa shape index (κ3) is 5.13. The predicted molar refractivity (Wildman–Crippen MR) is 87.5 cm³/mol. The molecular formula is C14H21ClFN3O3S. The summed E-state index contributed by atoms with van der Waals surface area (Å²) in [5.41, 5.74) is 0. The number of nitrogens with zero attached hydrogens (tertiary/aromatic N) is 1. The highest BCUT2D eigenvalue weighted by molar-refractivity contribution is 7.89. The van der Waals surface area contributed by atoms with Crippen molar-refractivity contribution in [2.75, 3.05) is 26.2 Å². The van der Waals surface area contributed by atoms with Crippen LogP contribution in [-0.2, 0) is 14.8 Å². The van der Waals surface area contributed by atoms with Gasteiger partial charge in [-0.05, 0) is 19.1 Å². The molecule has 0 aromatic heterocycles. The van der Waals surface area contributed by atoms with E-state index in [4.69, 9.17) is 0 Å². The van der Waals surface area contributed by atoms with Crippen LogP contribution in [0.3, 0.4) is 0 Å². The summed E-state index contributed by atoms with van der Waals surface area (Å²) in [6, 6.07) is 5.24. The molecule has 0 radical (unpaired) electrons. The van der Waals surface area contributed by atoms with Crippen LogP contribution < -0.4 is 10.0 Å². The second-order valence-corrected chi connectivity index (χ2v) is 6.95. The van der Waals surface area contributed by atoms with Crippen LogP contribution in [0.15, 0.2) is 29.2 Å². The van der Waals surface area contributed by atoms with Gasteiger partial charge in [0.15, 0.2) is 0 Å². The Bertz CT molecular complexity index is 642. The molecule has 0 bridgehead atoms. The van der Waals surface area contributed by atoms with Crippen molar-refractivity contribution in [1.29, 1.82) is 0 Å². The van der Waals surface area contributed by atoms with Gasteiger partial charge in [0.05, 0.1) is 0 Å². The van der Waals surface area contributed by atoms with Crippen LogP contribution in [0.2, 0.25) is 0 Å². The Morgan fingerprint density at radius 3 is 2.78 bits per heavy atom. The number of benzene rings is 1. The smallest absolute Gasteiger partial charge is 0.243 e. The van der Waals surface area contributed by atoms with E-state index in [1.807, 2.05) is 6.92 Å². The summed E-state index contributed by atoms with van der Waals surface area (Å²) < 4.78 is 39.8. The van der Waals surface area contributed by atoms with Gasteiger partial charge >= 0.3 is 0 Å². The van der Waals surface area contributed by atoms with Crippen LogP contribution in [0.4, 0.5) is 4.39 Å². The Morgan fingerprint density at radius 2 is 2.13 bits per heavy atom. The van der Waals surface area contributed by atoms with Crippen molar-refractivity contribution in [3.05, 3.63) is 30.1 Å². The minimum Gasteiger partial charge on any atom is -0.337 e. The number of halogens is 2. The third-order valence-corrected chi connectivity index (χ3v) is 5.07. The molecule has 1 aliphatic rings. The summed E-state index contributed by atoms with van der Waals surface area (Å²) in [7, 11) is -3.94. The van der Waals surface area contributed by atoms with Gasteiger partial charge in [-0.25, -0.2) is 17.5 Å². The van der Waals surface area contributed by atoms with Crippen molar-refractivity contribution in [3.63, 3.8) is 0 Å². The van der Waals surface area contributed by atoms with E-state index in [-0.39, 0.29) is 37.3 Å². The first-order valence-corrected chi connectivity index (χ1v) is 8.64. The fraction of sp³-hybridized carbons (Fsp3) is 0.500. The first-order chi connectivity index (χ1) is 10.4. The van der Waals surface area contributed by atoms with Gasteiger partial charge in [0.25, 0.3) is 0 Å². The minimum absolute atomic E-state index is 0. The summed E-state index contributed by atoms with van der Waals surface area (Å²) in [6.07, 6.45) is 0.0536. The highest BCUT2D eigenvalue weighted by Gasteiger charge is 2.23. The Morgan fingerprint density at radius 1 is 1.43 bits per heavy atom. The van der Waals surface area contributed by atoms with Gasteiger partial charge in [-0.1, -0.05) is 12.1 Å². The van der Waals surface area contributed by atoms with E-state index in [0.29, 0.717) is 6.54 Å². The number of hydrogen-bond acceptors (Lipinski definition) is 4. The highest BCUT2D eigenvalue weighted by atomic mass is 35.5. The molecule has 23 heavy (non-hydrogen) atoms. The first-order valence-electron chi connectivity index (χ1n) is 7.16. The normalized spacial score (nSPS) is 18.3. The molecule has 1 heterocycles. The number of nitrogens with one attached hydrogen (secondary N) is 2. The molecule has 0 spiro atoms. The average molecular weight is 366 g/mol. The van der Waals surface area contributed by atoms with Crippen molar-refractivity contribution in [1.82, 2.24) is 14.9 Å². The SMILES string of the molecule is C[C@H]1CNCCN1C(=O)CCNS(=O)(=O)c1ccccc1F.Cl. The van der Waals surface area contributed by atoms with Crippen LogP contribution in [0.25, 0.3) is 0 Å². The van der Waals surface area contributed by atoms with E-state index in [1.165, 1.54) is 18.2 Å². The first kappa shape index (κ1) is 19.8. The maximum atomic E-state index is 13.5. The average Bonchev–Trinajstić information content (AvgIpc) is 2.47. The maximum Gasteiger partial charge on any atom is 0.243 e. The second kappa shape index (κ2) is 8.58. The minimum atomic E-state index is -3.94. The fourth-order valence-corrected chi connectivity index (χ4v) is 3.50. The molecule has 2 rings (SSSR count). The molecule has 0 unspecified atom stereocenters. The number of hydrogen-bond donors (Lipinski definition) is 2. The van der Waals surface area contributed by atoms with E-state index in [0.717, 1.165) is 19.2 Å². The van der Waals surface area contributed by atoms with Crippen molar-refractivity contribution in [3.8, 4) is 0 Å². The van der Waals surface area contributed by atoms with E-state index in [1.54, 1.807) is 4.90 Å². The lowest BCUT2D eigenvalue weighted by Gasteiger charge is -2.34. The largest absolute Gasteiger partial charge is 0.337 e. The quantitative estimate of drug-likeness (QED) is 0.806. The summed E-state index contributed by atoms with van der Waals surface area (Å²) in [6.45, 7) is 3.96. The fourth-order valence-electron chi connectivity index (χ4n) is 2.39. The van der Waals surface area contributed by atoms with E-state index in [2.05, 4.69) is 10.0 Å². The topological polar surface area (TPSA) is 78.5 Å².